The predicted molar refractivity (Wildman–Crippen MR) is 94.7 cm³/mol. The molecule has 0 amide bonds. The fourth-order valence-electron chi connectivity index (χ4n) is 2.97. The van der Waals surface area contributed by atoms with E-state index in [1.807, 2.05) is 11.0 Å². The smallest absolute Gasteiger partial charge is 0.146 e. The zero-order valence-corrected chi connectivity index (χ0v) is 14.0. The summed E-state index contributed by atoms with van der Waals surface area (Å²) in [6.07, 6.45) is -0.603. The molecule has 0 spiro atoms. The van der Waals surface area contributed by atoms with Crippen molar-refractivity contribution in [3.63, 3.8) is 0 Å². The van der Waals surface area contributed by atoms with Crippen LogP contribution in [0.15, 0.2) is 48.5 Å². The van der Waals surface area contributed by atoms with Crippen molar-refractivity contribution in [2.75, 3.05) is 44.2 Å². The first-order valence-corrected chi connectivity index (χ1v) is 8.43. The van der Waals surface area contributed by atoms with Gasteiger partial charge in [0, 0.05) is 32.7 Å². The number of hydrogen-bond acceptors (Lipinski definition) is 5. The van der Waals surface area contributed by atoms with Gasteiger partial charge in [-0.05, 0) is 36.4 Å². The summed E-state index contributed by atoms with van der Waals surface area (Å²) in [6, 6.07) is 13.2. The number of anilines is 1. The van der Waals surface area contributed by atoms with Crippen molar-refractivity contribution in [3.8, 4) is 11.5 Å². The normalized spacial score (nSPS) is 16.6. The number of aliphatic hydroxyl groups is 1. The van der Waals surface area contributed by atoms with Crippen LogP contribution in [0.3, 0.4) is 0 Å². The maximum Gasteiger partial charge on any atom is 0.146 e. The number of β-amino-alcohol motifs (C(OH)–C–C–N with tert-alkyl or cyclic N) is 1. The molecular weight excluding hydrogens is 323 g/mol. The summed E-state index contributed by atoms with van der Waals surface area (Å²) in [6.45, 7) is 3.70. The zero-order chi connectivity index (χ0) is 17.6. The molecule has 25 heavy (non-hydrogen) atoms. The minimum Gasteiger partial charge on any atom is -0.508 e. The van der Waals surface area contributed by atoms with E-state index in [4.69, 9.17) is 4.74 Å². The van der Waals surface area contributed by atoms with Gasteiger partial charge in [-0.1, -0.05) is 12.1 Å². The van der Waals surface area contributed by atoms with Crippen molar-refractivity contribution in [2.45, 2.75) is 6.10 Å². The average molecular weight is 346 g/mol. The van der Waals surface area contributed by atoms with Crippen LogP contribution < -0.4 is 9.64 Å². The lowest BCUT2D eigenvalue weighted by Gasteiger charge is -2.36. The van der Waals surface area contributed by atoms with Crippen LogP contribution in [0.1, 0.15) is 0 Å². The molecule has 1 atom stereocenters. The minimum atomic E-state index is -0.603. The van der Waals surface area contributed by atoms with Crippen molar-refractivity contribution >= 4 is 5.69 Å². The summed E-state index contributed by atoms with van der Waals surface area (Å²) in [5.41, 5.74) is 0.637. The first-order chi connectivity index (χ1) is 12.1. The van der Waals surface area contributed by atoms with Gasteiger partial charge in [0.05, 0.1) is 5.69 Å². The van der Waals surface area contributed by atoms with Crippen LogP contribution in [-0.4, -0.2) is 60.5 Å². The Hall–Kier alpha value is -2.31. The van der Waals surface area contributed by atoms with Crippen LogP contribution in [-0.2, 0) is 0 Å². The molecule has 3 rings (SSSR count). The number of hydrogen-bond donors (Lipinski definition) is 2. The summed E-state index contributed by atoms with van der Waals surface area (Å²) < 4.78 is 19.4. The maximum absolute atomic E-state index is 13.8. The Morgan fingerprint density at radius 2 is 1.68 bits per heavy atom. The zero-order valence-electron chi connectivity index (χ0n) is 14.0. The van der Waals surface area contributed by atoms with Crippen LogP contribution in [0.4, 0.5) is 10.1 Å². The highest BCUT2D eigenvalue weighted by Gasteiger charge is 2.21. The standard InChI is InChI=1S/C19H23FN2O3/c20-18-3-1-2-4-19(18)22-11-9-21(10-12-22)13-16(24)14-25-17-7-5-15(23)6-8-17/h1-8,16,23-24H,9-14H2/t16-/m0/s1. The molecule has 1 fully saturated rings. The van der Waals surface area contributed by atoms with Gasteiger partial charge in [-0.15, -0.1) is 0 Å². The largest absolute Gasteiger partial charge is 0.508 e. The molecule has 1 aliphatic rings. The molecule has 2 aromatic carbocycles. The van der Waals surface area contributed by atoms with Crippen LogP contribution in [0.25, 0.3) is 0 Å². The lowest BCUT2D eigenvalue weighted by atomic mass is 10.2. The Balaban J connectivity index is 1.42. The van der Waals surface area contributed by atoms with Crippen LogP contribution in [0, 0.1) is 5.82 Å². The van der Waals surface area contributed by atoms with Gasteiger partial charge in [0.2, 0.25) is 0 Å². The molecular formula is C19H23FN2O3. The number of phenolic OH excluding ortho intramolecular Hbond substituents is 1. The second kappa shape index (κ2) is 8.18. The lowest BCUT2D eigenvalue weighted by molar-refractivity contribution is 0.0662. The van der Waals surface area contributed by atoms with Gasteiger partial charge >= 0.3 is 0 Å². The first kappa shape index (κ1) is 17.5. The quantitative estimate of drug-likeness (QED) is 0.839. The lowest BCUT2D eigenvalue weighted by Crippen LogP contribution is -2.49. The Bertz CT molecular complexity index is 673. The molecule has 0 aliphatic carbocycles. The van der Waals surface area contributed by atoms with E-state index in [-0.39, 0.29) is 18.2 Å². The van der Waals surface area contributed by atoms with Crippen molar-refractivity contribution in [1.82, 2.24) is 4.90 Å². The monoisotopic (exact) mass is 346 g/mol. The molecule has 2 aromatic rings. The molecule has 0 unspecified atom stereocenters. The fraction of sp³-hybridized carbons (Fsp3) is 0.368. The van der Waals surface area contributed by atoms with E-state index in [0.717, 1.165) is 26.2 Å². The molecule has 1 saturated heterocycles. The molecule has 1 heterocycles. The van der Waals surface area contributed by atoms with Crippen molar-refractivity contribution in [3.05, 3.63) is 54.3 Å². The predicted octanol–water partition coefficient (Wildman–Crippen LogP) is 2.09. The first-order valence-electron chi connectivity index (χ1n) is 8.43. The molecule has 134 valence electrons. The number of aromatic hydroxyl groups is 1. The number of para-hydroxylation sites is 1. The molecule has 2 N–H and O–H groups in total. The Labute approximate surface area is 146 Å². The van der Waals surface area contributed by atoms with E-state index in [9.17, 15) is 14.6 Å². The average Bonchev–Trinajstić information content (AvgIpc) is 2.62. The molecule has 0 radical (unpaired) electrons. The second-order valence-electron chi connectivity index (χ2n) is 6.20. The third kappa shape index (κ3) is 4.84. The van der Waals surface area contributed by atoms with E-state index in [1.165, 1.54) is 6.07 Å². The summed E-state index contributed by atoms with van der Waals surface area (Å²) in [5, 5.41) is 19.4. The van der Waals surface area contributed by atoms with Gasteiger partial charge in [-0.3, -0.25) is 4.90 Å². The van der Waals surface area contributed by atoms with Gasteiger partial charge in [-0.25, -0.2) is 4.39 Å². The highest BCUT2D eigenvalue weighted by Crippen LogP contribution is 2.20. The fourth-order valence-corrected chi connectivity index (χ4v) is 2.97. The second-order valence-corrected chi connectivity index (χ2v) is 6.20. The van der Waals surface area contributed by atoms with Gasteiger partial charge in [0.1, 0.15) is 30.0 Å². The Morgan fingerprint density at radius 3 is 2.36 bits per heavy atom. The molecule has 0 aromatic heterocycles. The maximum atomic E-state index is 13.8. The molecule has 5 nitrogen and oxygen atoms in total. The van der Waals surface area contributed by atoms with Crippen molar-refractivity contribution < 1.29 is 19.3 Å². The number of halogens is 1. The van der Waals surface area contributed by atoms with Gasteiger partial charge in [-0.2, -0.15) is 0 Å². The number of aliphatic hydroxyl groups excluding tert-OH is 1. The van der Waals surface area contributed by atoms with E-state index in [0.29, 0.717) is 18.0 Å². The number of benzene rings is 2. The number of rotatable bonds is 6. The minimum absolute atomic E-state index is 0.181. The Kier molecular flexibility index (Phi) is 5.73. The number of nitrogens with zero attached hydrogens (tertiary/aromatic N) is 2. The van der Waals surface area contributed by atoms with Crippen LogP contribution in [0.5, 0.6) is 11.5 Å². The SMILES string of the molecule is Oc1ccc(OC[C@@H](O)CN2CCN(c3ccccc3F)CC2)cc1. The van der Waals surface area contributed by atoms with Crippen LogP contribution in [0.2, 0.25) is 0 Å². The highest BCUT2D eigenvalue weighted by atomic mass is 19.1. The van der Waals surface area contributed by atoms with E-state index in [2.05, 4.69) is 4.90 Å². The third-order valence-corrected chi connectivity index (χ3v) is 4.31. The number of piperazine rings is 1. The third-order valence-electron chi connectivity index (χ3n) is 4.31. The summed E-state index contributed by atoms with van der Waals surface area (Å²) >= 11 is 0. The van der Waals surface area contributed by atoms with E-state index in [1.54, 1.807) is 36.4 Å². The van der Waals surface area contributed by atoms with Gasteiger partial charge < -0.3 is 19.8 Å². The van der Waals surface area contributed by atoms with Crippen molar-refractivity contribution in [1.29, 1.82) is 0 Å². The number of ether oxygens (including phenoxy) is 1. The summed E-state index contributed by atoms with van der Waals surface area (Å²) in [7, 11) is 0. The highest BCUT2D eigenvalue weighted by molar-refractivity contribution is 5.48. The summed E-state index contributed by atoms with van der Waals surface area (Å²) in [4.78, 5) is 4.19. The van der Waals surface area contributed by atoms with Gasteiger partial charge in [0.25, 0.3) is 0 Å². The van der Waals surface area contributed by atoms with E-state index < -0.39 is 6.10 Å². The van der Waals surface area contributed by atoms with E-state index >= 15 is 0 Å². The topological polar surface area (TPSA) is 56.2 Å². The molecule has 0 saturated carbocycles. The number of phenols is 1. The van der Waals surface area contributed by atoms with Crippen molar-refractivity contribution in [2.24, 2.45) is 0 Å². The molecule has 0 bridgehead atoms. The Morgan fingerprint density at radius 1 is 1.00 bits per heavy atom. The summed E-state index contributed by atoms with van der Waals surface area (Å²) in [5.74, 6) is 0.597. The van der Waals surface area contributed by atoms with Crippen LogP contribution >= 0.6 is 0 Å². The molecule has 1 aliphatic heterocycles. The van der Waals surface area contributed by atoms with Gasteiger partial charge in [0.15, 0.2) is 0 Å². The molecule has 6 heteroatoms.